The van der Waals surface area contributed by atoms with Crippen molar-refractivity contribution < 1.29 is 9.84 Å². The van der Waals surface area contributed by atoms with Gasteiger partial charge in [0.05, 0.1) is 18.5 Å². The molecule has 7 heteroatoms. The highest BCUT2D eigenvalue weighted by atomic mass is 16.5. The summed E-state index contributed by atoms with van der Waals surface area (Å²) in [6, 6.07) is 9.80. The number of hydrogen-bond donors (Lipinski definition) is 2. The fraction of sp³-hybridized carbons (Fsp3) is 0.458. The molecule has 1 fully saturated rings. The monoisotopic (exact) mass is 421 g/mol. The summed E-state index contributed by atoms with van der Waals surface area (Å²) in [5.41, 5.74) is 3.32. The van der Waals surface area contributed by atoms with E-state index < -0.39 is 0 Å². The second-order valence-electron chi connectivity index (χ2n) is 8.87. The number of nitrogens with zero attached hydrogens (tertiary/aromatic N) is 4. The van der Waals surface area contributed by atoms with Crippen LogP contribution in [-0.2, 0) is 4.74 Å². The molecule has 1 aromatic carbocycles. The van der Waals surface area contributed by atoms with Crippen molar-refractivity contribution in [1.82, 2.24) is 20.4 Å². The van der Waals surface area contributed by atoms with Gasteiger partial charge in [0.25, 0.3) is 0 Å². The molecule has 0 aliphatic carbocycles. The number of aromatic nitrogens is 4. The van der Waals surface area contributed by atoms with Crippen LogP contribution in [0.3, 0.4) is 0 Å². The molecule has 2 N–H and O–H groups in total. The Morgan fingerprint density at radius 2 is 2.10 bits per heavy atom. The van der Waals surface area contributed by atoms with Crippen molar-refractivity contribution in [2.24, 2.45) is 5.41 Å². The number of benzene rings is 1. The molecule has 0 amide bonds. The Hall–Kier alpha value is -2.93. The van der Waals surface area contributed by atoms with Gasteiger partial charge < -0.3 is 14.7 Å². The fourth-order valence-electron chi connectivity index (χ4n) is 4.56. The minimum Gasteiger partial charge on any atom is -0.507 e. The van der Waals surface area contributed by atoms with E-state index in [2.05, 4.69) is 46.2 Å². The first-order valence-corrected chi connectivity index (χ1v) is 11.0. The third-order valence-electron chi connectivity index (χ3n) is 6.29. The number of H-pyrrole nitrogens is 1. The van der Waals surface area contributed by atoms with E-state index >= 15 is 0 Å². The number of aromatic hydroxyl groups is 1. The standard InChI is InChI=1S/C24H31N5O2/c1-4-10-24(2)13-19(9-11-31-16-24)29(3)23-8-7-21(27-28-23)20-6-5-17(12-22(20)30)18-14-25-26-15-18/h5-8,12,14-15,19,30H,4,9-11,13,16H2,1-3H3,(H,25,26)/t19-,24-/m0/s1. The van der Waals surface area contributed by atoms with Gasteiger partial charge in [0, 0.05) is 37.0 Å². The van der Waals surface area contributed by atoms with Gasteiger partial charge in [-0.1, -0.05) is 26.3 Å². The van der Waals surface area contributed by atoms with E-state index in [4.69, 9.17) is 4.74 Å². The van der Waals surface area contributed by atoms with Crippen LogP contribution in [0.5, 0.6) is 5.75 Å². The first-order chi connectivity index (χ1) is 15.0. The summed E-state index contributed by atoms with van der Waals surface area (Å²) in [6.07, 6.45) is 7.90. The molecule has 4 rings (SSSR count). The van der Waals surface area contributed by atoms with Crippen LogP contribution in [-0.4, -0.2) is 51.8 Å². The Kier molecular flexibility index (Phi) is 6.23. The molecule has 31 heavy (non-hydrogen) atoms. The Morgan fingerprint density at radius 1 is 1.23 bits per heavy atom. The van der Waals surface area contributed by atoms with Crippen molar-refractivity contribution in [2.75, 3.05) is 25.2 Å². The summed E-state index contributed by atoms with van der Waals surface area (Å²) in [7, 11) is 2.09. The minimum atomic E-state index is 0.172. The molecule has 3 heterocycles. The molecule has 7 nitrogen and oxygen atoms in total. The largest absolute Gasteiger partial charge is 0.507 e. The van der Waals surface area contributed by atoms with Crippen LogP contribution in [0.4, 0.5) is 5.82 Å². The van der Waals surface area contributed by atoms with Gasteiger partial charge in [-0.05, 0) is 54.5 Å². The van der Waals surface area contributed by atoms with Crippen molar-refractivity contribution in [3.63, 3.8) is 0 Å². The second kappa shape index (κ2) is 9.06. The molecule has 2 aromatic heterocycles. The van der Waals surface area contributed by atoms with Gasteiger partial charge in [0.1, 0.15) is 5.75 Å². The van der Waals surface area contributed by atoms with E-state index in [0.29, 0.717) is 17.3 Å². The number of nitrogens with one attached hydrogen (secondary N) is 1. The van der Waals surface area contributed by atoms with Gasteiger partial charge in [-0.2, -0.15) is 5.10 Å². The molecular formula is C24H31N5O2. The molecule has 0 unspecified atom stereocenters. The molecule has 0 radical (unpaired) electrons. The van der Waals surface area contributed by atoms with E-state index in [1.165, 1.54) is 0 Å². The maximum absolute atomic E-state index is 10.5. The van der Waals surface area contributed by atoms with Crippen LogP contribution in [0, 0.1) is 5.41 Å². The Bertz CT molecular complexity index is 990. The highest BCUT2D eigenvalue weighted by molar-refractivity contribution is 5.73. The summed E-state index contributed by atoms with van der Waals surface area (Å²) in [4.78, 5) is 2.22. The highest BCUT2D eigenvalue weighted by Crippen LogP contribution is 2.36. The van der Waals surface area contributed by atoms with E-state index in [1.807, 2.05) is 24.3 Å². The van der Waals surface area contributed by atoms with Crippen molar-refractivity contribution in [3.05, 3.63) is 42.7 Å². The Morgan fingerprint density at radius 3 is 2.77 bits per heavy atom. The quantitative estimate of drug-likeness (QED) is 0.602. The van der Waals surface area contributed by atoms with Crippen LogP contribution in [0.15, 0.2) is 42.7 Å². The fourth-order valence-corrected chi connectivity index (χ4v) is 4.56. The third-order valence-corrected chi connectivity index (χ3v) is 6.29. The number of aromatic amines is 1. The minimum absolute atomic E-state index is 0.172. The highest BCUT2D eigenvalue weighted by Gasteiger charge is 2.32. The molecule has 1 aliphatic rings. The maximum atomic E-state index is 10.5. The number of rotatable bonds is 6. The number of phenols is 1. The zero-order valence-corrected chi connectivity index (χ0v) is 18.5. The van der Waals surface area contributed by atoms with Crippen molar-refractivity contribution in [3.8, 4) is 28.1 Å². The van der Waals surface area contributed by atoms with Gasteiger partial charge in [-0.25, -0.2) is 0 Å². The summed E-state index contributed by atoms with van der Waals surface area (Å²) >= 11 is 0. The topological polar surface area (TPSA) is 87.2 Å². The number of anilines is 1. The average Bonchev–Trinajstić information content (AvgIpc) is 3.24. The van der Waals surface area contributed by atoms with E-state index in [0.717, 1.165) is 55.8 Å². The molecule has 164 valence electrons. The smallest absolute Gasteiger partial charge is 0.151 e. The normalized spacial score (nSPS) is 21.6. The molecular weight excluding hydrogens is 390 g/mol. The van der Waals surface area contributed by atoms with Gasteiger partial charge in [-0.3, -0.25) is 5.10 Å². The van der Waals surface area contributed by atoms with Crippen LogP contribution in [0.25, 0.3) is 22.4 Å². The average molecular weight is 422 g/mol. The first-order valence-electron chi connectivity index (χ1n) is 11.0. The molecule has 0 bridgehead atoms. The number of ether oxygens (including phenoxy) is 1. The van der Waals surface area contributed by atoms with Gasteiger partial charge in [0.2, 0.25) is 0 Å². The molecule has 3 aromatic rings. The predicted molar refractivity (Wildman–Crippen MR) is 122 cm³/mol. The Labute approximate surface area is 183 Å². The Balaban J connectivity index is 1.51. The molecule has 1 aliphatic heterocycles. The van der Waals surface area contributed by atoms with Crippen molar-refractivity contribution in [2.45, 2.75) is 45.6 Å². The number of hydrogen-bond acceptors (Lipinski definition) is 6. The zero-order valence-electron chi connectivity index (χ0n) is 18.5. The molecule has 1 saturated heterocycles. The van der Waals surface area contributed by atoms with Gasteiger partial charge in [0.15, 0.2) is 5.82 Å². The van der Waals surface area contributed by atoms with Crippen LogP contribution in [0.1, 0.15) is 39.5 Å². The molecule has 2 atom stereocenters. The number of phenolic OH excluding ortho intramolecular Hbond substituents is 1. The van der Waals surface area contributed by atoms with Crippen molar-refractivity contribution >= 4 is 5.82 Å². The summed E-state index contributed by atoms with van der Waals surface area (Å²) in [5, 5.41) is 26.2. The lowest BCUT2D eigenvalue weighted by atomic mass is 9.80. The van der Waals surface area contributed by atoms with Crippen LogP contribution < -0.4 is 4.90 Å². The molecule has 0 saturated carbocycles. The summed E-state index contributed by atoms with van der Waals surface area (Å²) in [5.74, 6) is 1.01. The lowest BCUT2D eigenvalue weighted by molar-refractivity contribution is 0.0646. The van der Waals surface area contributed by atoms with Crippen molar-refractivity contribution in [1.29, 1.82) is 0 Å². The van der Waals surface area contributed by atoms with E-state index in [9.17, 15) is 5.11 Å². The lowest BCUT2D eigenvalue weighted by Gasteiger charge is -2.34. The molecule has 0 spiro atoms. The maximum Gasteiger partial charge on any atom is 0.151 e. The van der Waals surface area contributed by atoms with Crippen LogP contribution >= 0.6 is 0 Å². The third kappa shape index (κ3) is 4.71. The van der Waals surface area contributed by atoms with Gasteiger partial charge in [-0.15, -0.1) is 10.2 Å². The summed E-state index contributed by atoms with van der Waals surface area (Å²) < 4.78 is 5.91. The van der Waals surface area contributed by atoms with E-state index in [1.54, 1.807) is 18.5 Å². The first kappa shape index (κ1) is 21.3. The lowest BCUT2D eigenvalue weighted by Crippen LogP contribution is -2.37. The van der Waals surface area contributed by atoms with E-state index in [-0.39, 0.29) is 11.2 Å². The van der Waals surface area contributed by atoms with Gasteiger partial charge >= 0.3 is 0 Å². The predicted octanol–water partition coefficient (Wildman–Crippen LogP) is 4.66. The van der Waals surface area contributed by atoms with Crippen LogP contribution in [0.2, 0.25) is 0 Å². The SMILES string of the molecule is CCC[C@]1(C)COCC[C@H](N(C)c2ccc(-c3ccc(-c4cn[nH]c4)cc3O)nn2)C1. The second-order valence-corrected chi connectivity index (χ2v) is 8.87. The summed E-state index contributed by atoms with van der Waals surface area (Å²) in [6.45, 7) is 6.16. The zero-order chi connectivity index (χ0) is 21.8.